The first kappa shape index (κ1) is 11.8. The lowest BCUT2D eigenvalue weighted by atomic mass is 10.2. The van der Waals surface area contributed by atoms with Crippen molar-refractivity contribution in [1.29, 1.82) is 0 Å². The normalized spacial score (nSPS) is 10.7. The van der Waals surface area contributed by atoms with Gasteiger partial charge in [-0.15, -0.1) is 10.2 Å². The van der Waals surface area contributed by atoms with Gasteiger partial charge < -0.3 is 4.57 Å². The van der Waals surface area contributed by atoms with E-state index in [0.717, 1.165) is 16.5 Å². The van der Waals surface area contributed by atoms with Crippen LogP contribution in [0.2, 0.25) is 10.0 Å². The molecule has 0 atom stereocenters. The Morgan fingerprint density at radius 3 is 2.75 bits per heavy atom. The molecular formula is C10H9Cl2N3S. The Bertz CT molecular complexity index is 499. The number of halogens is 2. The number of aryl methyl sites for hydroxylation is 1. The first-order valence-electron chi connectivity index (χ1n) is 4.57. The van der Waals surface area contributed by atoms with Gasteiger partial charge in [0.1, 0.15) is 6.33 Å². The molecule has 0 unspecified atom stereocenters. The second-order valence-electron chi connectivity index (χ2n) is 3.26. The average molecular weight is 274 g/mol. The van der Waals surface area contributed by atoms with Crippen LogP contribution in [0.25, 0.3) is 0 Å². The molecule has 1 heterocycles. The summed E-state index contributed by atoms with van der Waals surface area (Å²) in [7, 11) is 1.91. The second kappa shape index (κ2) is 5.08. The van der Waals surface area contributed by atoms with Crippen molar-refractivity contribution >= 4 is 35.0 Å². The molecule has 2 rings (SSSR count). The number of rotatable bonds is 3. The maximum absolute atomic E-state index is 5.93. The van der Waals surface area contributed by atoms with E-state index in [2.05, 4.69) is 10.2 Å². The third-order valence-electron chi connectivity index (χ3n) is 2.02. The highest BCUT2D eigenvalue weighted by Crippen LogP contribution is 2.26. The van der Waals surface area contributed by atoms with Gasteiger partial charge in [0.05, 0.1) is 10.0 Å². The minimum Gasteiger partial charge on any atom is -0.312 e. The number of aromatic nitrogens is 3. The van der Waals surface area contributed by atoms with Crippen LogP contribution in [-0.2, 0) is 12.8 Å². The number of benzene rings is 1. The molecule has 0 fully saturated rings. The summed E-state index contributed by atoms with van der Waals surface area (Å²) < 4.78 is 1.88. The third-order valence-corrected chi connectivity index (χ3v) is 3.87. The van der Waals surface area contributed by atoms with Crippen LogP contribution in [0.15, 0.2) is 29.7 Å². The Labute approximate surface area is 108 Å². The molecule has 0 bridgehead atoms. The second-order valence-corrected chi connectivity index (χ2v) is 5.02. The molecule has 2 aromatic rings. The molecule has 1 aromatic heterocycles. The molecule has 0 amide bonds. The minimum absolute atomic E-state index is 0.578. The molecule has 16 heavy (non-hydrogen) atoms. The fourth-order valence-electron chi connectivity index (χ4n) is 1.18. The van der Waals surface area contributed by atoms with Gasteiger partial charge in [-0.1, -0.05) is 41.0 Å². The van der Waals surface area contributed by atoms with Crippen molar-refractivity contribution in [2.75, 3.05) is 0 Å². The minimum atomic E-state index is 0.578. The lowest BCUT2D eigenvalue weighted by Crippen LogP contribution is -1.89. The molecule has 6 heteroatoms. The topological polar surface area (TPSA) is 30.7 Å². The van der Waals surface area contributed by atoms with Crippen molar-refractivity contribution < 1.29 is 0 Å². The Balaban J connectivity index is 2.05. The molecule has 1 aromatic carbocycles. The van der Waals surface area contributed by atoms with E-state index in [1.54, 1.807) is 24.2 Å². The molecule has 84 valence electrons. The smallest absolute Gasteiger partial charge is 0.191 e. The third kappa shape index (κ3) is 2.70. The predicted octanol–water partition coefficient (Wildman–Crippen LogP) is 3.41. The largest absolute Gasteiger partial charge is 0.312 e. The zero-order valence-electron chi connectivity index (χ0n) is 8.52. The maximum atomic E-state index is 5.93. The van der Waals surface area contributed by atoms with Gasteiger partial charge in [-0.05, 0) is 17.7 Å². The quantitative estimate of drug-likeness (QED) is 0.803. The van der Waals surface area contributed by atoms with Crippen LogP contribution in [0.1, 0.15) is 5.56 Å². The summed E-state index contributed by atoms with van der Waals surface area (Å²) in [5.41, 5.74) is 1.11. The number of nitrogens with zero attached hydrogens (tertiary/aromatic N) is 3. The van der Waals surface area contributed by atoms with Gasteiger partial charge in [-0.25, -0.2) is 0 Å². The Hall–Kier alpha value is -0.710. The van der Waals surface area contributed by atoms with E-state index in [9.17, 15) is 0 Å². The molecule has 0 N–H and O–H groups in total. The predicted molar refractivity (Wildman–Crippen MR) is 67.0 cm³/mol. The zero-order chi connectivity index (χ0) is 11.5. The van der Waals surface area contributed by atoms with E-state index in [1.165, 1.54) is 0 Å². The summed E-state index contributed by atoms with van der Waals surface area (Å²) in [5, 5.41) is 9.84. The van der Waals surface area contributed by atoms with Crippen LogP contribution >= 0.6 is 35.0 Å². The molecule has 0 saturated carbocycles. The first-order chi connectivity index (χ1) is 7.66. The molecule has 0 aliphatic heterocycles. The summed E-state index contributed by atoms with van der Waals surface area (Å²) in [4.78, 5) is 0. The lowest BCUT2D eigenvalue weighted by Gasteiger charge is -2.02. The summed E-state index contributed by atoms with van der Waals surface area (Å²) in [6, 6.07) is 5.63. The Morgan fingerprint density at radius 2 is 2.12 bits per heavy atom. The van der Waals surface area contributed by atoms with Crippen molar-refractivity contribution in [3.05, 3.63) is 40.1 Å². The van der Waals surface area contributed by atoms with Gasteiger partial charge in [0.25, 0.3) is 0 Å². The molecule has 3 nitrogen and oxygen atoms in total. The highest BCUT2D eigenvalue weighted by Gasteiger charge is 2.04. The first-order valence-corrected chi connectivity index (χ1v) is 6.31. The molecular weight excluding hydrogens is 265 g/mol. The summed E-state index contributed by atoms with van der Waals surface area (Å²) >= 11 is 13.4. The van der Waals surface area contributed by atoms with Crippen LogP contribution in [0, 0.1) is 0 Å². The van der Waals surface area contributed by atoms with Crippen molar-refractivity contribution in [3.63, 3.8) is 0 Å². The maximum Gasteiger partial charge on any atom is 0.191 e. The summed E-state index contributed by atoms with van der Waals surface area (Å²) in [6.07, 6.45) is 1.68. The van der Waals surface area contributed by atoms with Crippen LogP contribution in [0.3, 0.4) is 0 Å². The van der Waals surface area contributed by atoms with Crippen molar-refractivity contribution in [3.8, 4) is 0 Å². The molecule has 0 spiro atoms. The fraction of sp³-hybridized carbons (Fsp3) is 0.200. The fourth-order valence-corrected chi connectivity index (χ4v) is 2.33. The van der Waals surface area contributed by atoms with E-state index in [0.29, 0.717) is 10.0 Å². The monoisotopic (exact) mass is 273 g/mol. The highest BCUT2D eigenvalue weighted by molar-refractivity contribution is 7.98. The highest BCUT2D eigenvalue weighted by atomic mass is 35.5. The van der Waals surface area contributed by atoms with Crippen molar-refractivity contribution in [2.24, 2.45) is 7.05 Å². The molecule has 0 aliphatic rings. The Morgan fingerprint density at radius 1 is 1.31 bits per heavy atom. The van der Waals surface area contributed by atoms with E-state index in [1.807, 2.05) is 23.7 Å². The van der Waals surface area contributed by atoms with Crippen molar-refractivity contribution in [2.45, 2.75) is 10.9 Å². The van der Waals surface area contributed by atoms with Gasteiger partial charge in [-0.3, -0.25) is 0 Å². The van der Waals surface area contributed by atoms with Gasteiger partial charge in [0.2, 0.25) is 0 Å². The van der Waals surface area contributed by atoms with Crippen LogP contribution in [-0.4, -0.2) is 14.8 Å². The van der Waals surface area contributed by atoms with Crippen LogP contribution < -0.4 is 0 Å². The van der Waals surface area contributed by atoms with E-state index in [4.69, 9.17) is 23.2 Å². The Kier molecular flexibility index (Phi) is 3.74. The summed E-state index contributed by atoms with van der Waals surface area (Å²) in [6.45, 7) is 0. The van der Waals surface area contributed by atoms with Gasteiger partial charge in [0.15, 0.2) is 5.16 Å². The van der Waals surface area contributed by atoms with Gasteiger partial charge in [0, 0.05) is 12.8 Å². The SMILES string of the molecule is Cn1cnnc1SCc1ccc(Cl)c(Cl)c1. The van der Waals surface area contributed by atoms with Gasteiger partial charge >= 0.3 is 0 Å². The zero-order valence-corrected chi connectivity index (χ0v) is 10.9. The van der Waals surface area contributed by atoms with E-state index < -0.39 is 0 Å². The summed E-state index contributed by atoms with van der Waals surface area (Å²) in [5.74, 6) is 0.795. The van der Waals surface area contributed by atoms with Crippen LogP contribution in [0.5, 0.6) is 0 Å². The number of hydrogen-bond donors (Lipinski definition) is 0. The standard InChI is InChI=1S/C10H9Cl2N3S/c1-15-6-13-14-10(15)16-5-7-2-3-8(11)9(12)4-7/h2-4,6H,5H2,1H3. The molecule has 0 radical (unpaired) electrons. The van der Waals surface area contributed by atoms with E-state index in [-0.39, 0.29) is 0 Å². The van der Waals surface area contributed by atoms with Crippen LogP contribution in [0.4, 0.5) is 0 Å². The number of thioether (sulfide) groups is 1. The van der Waals surface area contributed by atoms with Crippen molar-refractivity contribution in [1.82, 2.24) is 14.8 Å². The lowest BCUT2D eigenvalue weighted by molar-refractivity contribution is 0.788. The van der Waals surface area contributed by atoms with E-state index >= 15 is 0 Å². The number of hydrogen-bond acceptors (Lipinski definition) is 3. The average Bonchev–Trinajstić information content (AvgIpc) is 2.66. The van der Waals surface area contributed by atoms with Gasteiger partial charge in [-0.2, -0.15) is 0 Å². The molecule has 0 aliphatic carbocycles. The molecule has 0 saturated heterocycles.